The molecule has 1 amide bonds. The largest absolute Gasteiger partial charge is 0.461 e. The number of aromatic nitrogens is 2. The number of benzene rings is 2. The molecule has 180 valence electrons. The molecule has 4 rings (SSSR count). The van der Waals surface area contributed by atoms with Crippen molar-refractivity contribution < 1.29 is 31.9 Å². The Kier molecular flexibility index (Phi) is 6.39. The molecule has 0 aliphatic heterocycles. The van der Waals surface area contributed by atoms with E-state index in [1.165, 1.54) is 23.6 Å². The molecule has 2 heterocycles. The molecule has 0 saturated carbocycles. The number of fused-ring (bicyclic) bond motifs is 1. The standard InChI is InChI=1S/C23H15F4N3O4S/c1-2-34-22(33)18-16-11-35-20(28-19(31)12-4-3-5-13(10-12)23(25,26)27)17(16)21(32)30(29-18)15-8-6-14(24)7-9-15/h3-11H,2H2,1H3,(H,28,31). The van der Waals surface area contributed by atoms with E-state index in [2.05, 4.69) is 10.4 Å². The quantitative estimate of drug-likeness (QED) is 0.303. The molecule has 0 unspecified atom stereocenters. The fourth-order valence-corrected chi connectivity index (χ4v) is 4.19. The van der Waals surface area contributed by atoms with Crippen molar-refractivity contribution in [2.45, 2.75) is 13.1 Å². The van der Waals surface area contributed by atoms with Crippen LogP contribution in [0.4, 0.5) is 22.6 Å². The Hall–Kier alpha value is -4.06. The van der Waals surface area contributed by atoms with Crippen LogP contribution < -0.4 is 10.9 Å². The van der Waals surface area contributed by atoms with Crippen molar-refractivity contribution in [3.05, 3.63) is 86.9 Å². The summed E-state index contributed by atoms with van der Waals surface area (Å²) in [6.07, 6.45) is -4.64. The first-order valence-electron chi connectivity index (χ1n) is 10.1. The van der Waals surface area contributed by atoms with Crippen molar-refractivity contribution in [3.8, 4) is 5.69 Å². The van der Waals surface area contributed by atoms with Gasteiger partial charge in [-0.05, 0) is 49.4 Å². The van der Waals surface area contributed by atoms with Crippen LogP contribution in [0.15, 0.2) is 58.7 Å². The maximum Gasteiger partial charge on any atom is 0.416 e. The van der Waals surface area contributed by atoms with E-state index >= 15 is 0 Å². The molecule has 0 atom stereocenters. The zero-order valence-corrected chi connectivity index (χ0v) is 18.7. The SMILES string of the molecule is CCOC(=O)c1nn(-c2ccc(F)cc2)c(=O)c2c(NC(=O)c3cccc(C(F)(F)F)c3)scc12. The summed E-state index contributed by atoms with van der Waals surface area (Å²) in [6, 6.07) is 8.56. The zero-order valence-electron chi connectivity index (χ0n) is 17.9. The summed E-state index contributed by atoms with van der Waals surface area (Å²) in [6.45, 7) is 1.61. The van der Waals surface area contributed by atoms with E-state index in [4.69, 9.17) is 4.74 Å². The third-order valence-corrected chi connectivity index (χ3v) is 5.77. The molecular weight excluding hydrogens is 490 g/mol. The average molecular weight is 505 g/mol. The van der Waals surface area contributed by atoms with Crippen molar-refractivity contribution in [1.29, 1.82) is 0 Å². The summed E-state index contributed by atoms with van der Waals surface area (Å²) >= 11 is 0.890. The van der Waals surface area contributed by atoms with Crippen LogP contribution in [0.5, 0.6) is 0 Å². The lowest BCUT2D eigenvalue weighted by Crippen LogP contribution is -2.25. The van der Waals surface area contributed by atoms with Crippen LogP contribution in [0.1, 0.15) is 33.3 Å². The second-order valence-corrected chi connectivity index (χ2v) is 8.03. The van der Waals surface area contributed by atoms with Gasteiger partial charge in [-0.2, -0.15) is 23.0 Å². The third-order valence-electron chi connectivity index (χ3n) is 4.87. The molecule has 7 nitrogen and oxygen atoms in total. The van der Waals surface area contributed by atoms with E-state index in [-0.39, 0.29) is 39.3 Å². The first-order valence-corrected chi connectivity index (χ1v) is 10.9. The smallest absolute Gasteiger partial charge is 0.416 e. The fourth-order valence-electron chi connectivity index (χ4n) is 3.26. The highest BCUT2D eigenvalue weighted by molar-refractivity contribution is 7.16. The van der Waals surface area contributed by atoms with Crippen LogP contribution in [0.3, 0.4) is 0 Å². The van der Waals surface area contributed by atoms with Gasteiger partial charge in [0.15, 0.2) is 5.69 Å². The number of alkyl halides is 3. The lowest BCUT2D eigenvalue weighted by atomic mass is 10.1. The van der Waals surface area contributed by atoms with Gasteiger partial charge in [0.05, 0.1) is 23.2 Å². The van der Waals surface area contributed by atoms with Crippen molar-refractivity contribution >= 4 is 39.0 Å². The summed E-state index contributed by atoms with van der Waals surface area (Å²) in [4.78, 5) is 38.6. The lowest BCUT2D eigenvalue weighted by molar-refractivity contribution is -0.137. The Morgan fingerprint density at radius 2 is 1.86 bits per heavy atom. The molecule has 35 heavy (non-hydrogen) atoms. The van der Waals surface area contributed by atoms with Gasteiger partial charge in [0.1, 0.15) is 10.8 Å². The van der Waals surface area contributed by atoms with Crippen LogP contribution in [0.25, 0.3) is 16.5 Å². The highest BCUT2D eigenvalue weighted by Gasteiger charge is 2.31. The summed E-state index contributed by atoms with van der Waals surface area (Å²) < 4.78 is 58.4. The van der Waals surface area contributed by atoms with Gasteiger partial charge in [-0.1, -0.05) is 6.07 Å². The maximum atomic E-state index is 13.4. The number of nitrogens with one attached hydrogen (secondary N) is 1. The number of halogens is 4. The van der Waals surface area contributed by atoms with Crippen molar-refractivity contribution in [1.82, 2.24) is 9.78 Å². The first-order chi connectivity index (χ1) is 16.6. The zero-order chi connectivity index (χ0) is 25.3. The monoisotopic (exact) mass is 505 g/mol. The van der Waals surface area contributed by atoms with E-state index < -0.39 is 35.0 Å². The molecule has 4 aromatic rings. The molecule has 0 aliphatic rings. The third kappa shape index (κ3) is 4.78. The van der Waals surface area contributed by atoms with Gasteiger partial charge in [0.25, 0.3) is 11.5 Å². The van der Waals surface area contributed by atoms with Crippen LogP contribution in [0, 0.1) is 5.82 Å². The van der Waals surface area contributed by atoms with Crippen molar-refractivity contribution in [3.63, 3.8) is 0 Å². The minimum absolute atomic E-state index is 0.00350. The molecule has 0 saturated heterocycles. The van der Waals surface area contributed by atoms with Gasteiger partial charge >= 0.3 is 12.1 Å². The fraction of sp³-hybridized carbons (Fsp3) is 0.130. The van der Waals surface area contributed by atoms with E-state index in [1.807, 2.05) is 0 Å². The maximum absolute atomic E-state index is 13.4. The predicted octanol–water partition coefficient (Wildman–Crippen LogP) is 5.03. The van der Waals surface area contributed by atoms with Crippen LogP contribution >= 0.6 is 11.3 Å². The topological polar surface area (TPSA) is 90.3 Å². The second kappa shape index (κ2) is 9.29. The Morgan fingerprint density at radius 1 is 1.14 bits per heavy atom. The Labute approximate surface area is 198 Å². The molecule has 1 N–H and O–H groups in total. The van der Waals surface area contributed by atoms with Gasteiger partial charge in [0, 0.05) is 16.3 Å². The van der Waals surface area contributed by atoms with E-state index in [9.17, 15) is 31.9 Å². The number of rotatable bonds is 5. The number of carbonyl (C=O) groups excluding carboxylic acids is 2. The van der Waals surface area contributed by atoms with E-state index in [0.29, 0.717) is 6.07 Å². The second-order valence-electron chi connectivity index (χ2n) is 7.15. The number of carbonyl (C=O) groups is 2. The minimum atomic E-state index is -4.64. The van der Waals surface area contributed by atoms with Crippen LogP contribution in [-0.2, 0) is 10.9 Å². The number of nitrogens with zero attached hydrogens (tertiary/aromatic N) is 2. The number of hydrogen-bond acceptors (Lipinski definition) is 6. The molecular formula is C23H15F4N3O4S. The van der Waals surface area contributed by atoms with Crippen molar-refractivity contribution in [2.24, 2.45) is 0 Å². The van der Waals surface area contributed by atoms with Gasteiger partial charge in [-0.15, -0.1) is 11.3 Å². The van der Waals surface area contributed by atoms with Crippen LogP contribution in [-0.4, -0.2) is 28.3 Å². The van der Waals surface area contributed by atoms with E-state index in [0.717, 1.165) is 40.3 Å². The number of thiophene rings is 1. The summed E-state index contributed by atoms with van der Waals surface area (Å²) in [5.74, 6) is -2.28. The van der Waals surface area contributed by atoms with E-state index in [1.54, 1.807) is 6.92 Å². The Morgan fingerprint density at radius 3 is 2.51 bits per heavy atom. The molecule has 0 spiro atoms. The number of esters is 1. The number of ether oxygens (including phenoxy) is 1. The number of hydrogen-bond donors (Lipinski definition) is 1. The first kappa shape index (κ1) is 24.1. The van der Waals surface area contributed by atoms with Gasteiger partial charge in [-0.25, -0.2) is 9.18 Å². The molecule has 0 radical (unpaired) electrons. The number of anilines is 1. The van der Waals surface area contributed by atoms with Gasteiger partial charge < -0.3 is 10.1 Å². The van der Waals surface area contributed by atoms with Crippen molar-refractivity contribution in [2.75, 3.05) is 11.9 Å². The Balaban J connectivity index is 1.84. The summed E-state index contributed by atoms with van der Waals surface area (Å²) in [5.41, 5.74) is -2.10. The van der Waals surface area contributed by atoms with Crippen LogP contribution in [0.2, 0.25) is 0 Å². The number of amides is 1. The molecule has 2 aromatic carbocycles. The molecule has 0 bridgehead atoms. The average Bonchev–Trinajstić information content (AvgIpc) is 3.24. The van der Waals surface area contributed by atoms with Gasteiger partial charge in [0.2, 0.25) is 0 Å². The lowest BCUT2D eigenvalue weighted by Gasteiger charge is -2.10. The summed E-state index contributed by atoms with van der Waals surface area (Å²) in [7, 11) is 0. The molecule has 0 aliphatic carbocycles. The normalized spacial score (nSPS) is 11.5. The summed E-state index contributed by atoms with van der Waals surface area (Å²) in [5, 5.41) is 7.93. The Bertz CT molecular complexity index is 1490. The predicted molar refractivity (Wildman–Crippen MR) is 121 cm³/mol. The highest BCUT2D eigenvalue weighted by Crippen LogP contribution is 2.32. The molecule has 2 aromatic heterocycles. The highest BCUT2D eigenvalue weighted by atomic mass is 32.1. The minimum Gasteiger partial charge on any atom is -0.461 e. The molecule has 0 fully saturated rings. The molecule has 12 heteroatoms. The van der Waals surface area contributed by atoms with Gasteiger partial charge in [-0.3, -0.25) is 9.59 Å².